The number of benzene rings is 2. The van der Waals surface area contributed by atoms with E-state index in [2.05, 4.69) is 15.5 Å². The third kappa shape index (κ3) is 5.34. The Bertz CT molecular complexity index is 902. The smallest absolute Gasteiger partial charge is 0.277 e. The van der Waals surface area contributed by atoms with E-state index in [1.807, 2.05) is 63.2 Å². The SMILES string of the molecule is Cc1ccc(NC(=O)CSc2nnc(COc3c(C)cccc3C)o2)cc1. The minimum Gasteiger partial charge on any atom is -0.483 e. The molecule has 6 nitrogen and oxygen atoms in total. The van der Waals surface area contributed by atoms with E-state index >= 15 is 0 Å². The fourth-order valence-electron chi connectivity index (χ4n) is 2.48. The summed E-state index contributed by atoms with van der Waals surface area (Å²) in [6, 6.07) is 13.6. The molecule has 3 aromatic rings. The number of thioether (sulfide) groups is 1. The fourth-order valence-corrected chi connectivity index (χ4v) is 3.06. The number of hydrogen-bond acceptors (Lipinski definition) is 6. The number of nitrogens with zero attached hydrogens (tertiary/aromatic N) is 2. The van der Waals surface area contributed by atoms with Crippen LogP contribution < -0.4 is 10.1 Å². The van der Waals surface area contributed by atoms with Crippen LogP contribution in [0.3, 0.4) is 0 Å². The summed E-state index contributed by atoms with van der Waals surface area (Å²) in [4.78, 5) is 12.0. The van der Waals surface area contributed by atoms with Crippen LogP contribution >= 0.6 is 11.8 Å². The Morgan fingerprint density at radius 1 is 1.07 bits per heavy atom. The van der Waals surface area contributed by atoms with E-state index in [0.29, 0.717) is 11.1 Å². The number of anilines is 1. The average Bonchev–Trinajstić information content (AvgIpc) is 3.09. The lowest BCUT2D eigenvalue weighted by Gasteiger charge is -2.09. The van der Waals surface area contributed by atoms with Crippen molar-refractivity contribution in [3.63, 3.8) is 0 Å². The van der Waals surface area contributed by atoms with Gasteiger partial charge in [0.1, 0.15) is 5.75 Å². The monoisotopic (exact) mass is 383 g/mol. The number of amides is 1. The number of ether oxygens (including phenoxy) is 1. The molecule has 1 heterocycles. The molecule has 0 bridgehead atoms. The van der Waals surface area contributed by atoms with Gasteiger partial charge in [-0.15, -0.1) is 10.2 Å². The normalized spacial score (nSPS) is 10.6. The molecule has 1 aromatic heterocycles. The molecule has 0 aliphatic rings. The van der Waals surface area contributed by atoms with Gasteiger partial charge in [-0.2, -0.15) is 0 Å². The van der Waals surface area contributed by atoms with E-state index in [1.165, 1.54) is 11.8 Å². The van der Waals surface area contributed by atoms with Crippen LogP contribution in [0.2, 0.25) is 0 Å². The summed E-state index contributed by atoms with van der Waals surface area (Å²) in [5.74, 6) is 1.25. The molecule has 0 unspecified atom stereocenters. The van der Waals surface area contributed by atoms with Crippen molar-refractivity contribution in [2.75, 3.05) is 11.1 Å². The summed E-state index contributed by atoms with van der Waals surface area (Å²) in [6.45, 7) is 6.17. The second kappa shape index (κ2) is 8.73. The van der Waals surface area contributed by atoms with E-state index in [1.54, 1.807) is 0 Å². The first-order chi connectivity index (χ1) is 13.0. The molecule has 0 atom stereocenters. The Morgan fingerprint density at radius 3 is 2.48 bits per heavy atom. The van der Waals surface area contributed by atoms with E-state index in [4.69, 9.17) is 9.15 Å². The number of carbonyl (C=O) groups excluding carboxylic acids is 1. The van der Waals surface area contributed by atoms with Crippen LogP contribution in [0.5, 0.6) is 5.75 Å². The number of aryl methyl sites for hydroxylation is 3. The topological polar surface area (TPSA) is 77.2 Å². The van der Waals surface area contributed by atoms with Gasteiger partial charge in [-0.05, 0) is 44.0 Å². The Kier molecular flexibility index (Phi) is 6.13. The molecular formula is C20H21N3O3S. The molecule has 0 radical (unpaired) electrons. The van der Waals surface area contributed by atoms with Gasteiger partial charge < -0.3 is 14.5 Å². The molecule has 0 aliphatic carbocycles. The number of nitrogens with one attached hydrogen (secondary N) is 1. The third-order valence-electron chi connectivity index (χ3n) is 3.86. The van der Waals surface area contributed by atoms with Gasteiger partial charge >= 0.3 is 0 Å². The first-order valence-electron chi connectivity index (χ1n) is 8.52. The molecule has 0 fully saturated rings. The maximum absolute atomic E-state index is 12.0. The second-order valence-corrected chi connectivity index (χ2v) is 7.10. The summed E-state index contributed by atoms with van der Waals surface area (Å²) in [7, 11) is 0. The van der Waals surface area contributed by atoms with Gasteiger partial charge in [0.05, 0.1) is 5.75 Å². The van der Waals surface area contributed by atoms with Crippen LogP contribution in [0, 0.1) is 20.8 Å². The van der Waals surface area contributed by atoms with Gasteiger partial charge in [-0.1, -0.05) is 47.7 Å². The minimum absolute atomic E-state index is 0.129. The van der Waals surface area contributed by atoms with Crippen LogP contribution in [-0.4, -0.2) is 21.9 Å². The molecule has 0 aliphatic heterocycles. The Morgan fingerprint density at radius 2 is 1.78 bits per heavy atom. The first-order valence-corrected chi connectivity index (χ1v) is 9.50. The van der Waals surface area contributed by atoms with Crippen molar-refractivity contribution < 1.29 is 13.9 Å². The number of para-hydroxylation sites is 1. The summed E-state index contributed by atoms with van der Waals surface area (Å²) in [5.41, 5.74) is 4.01. The second-order valence-electron chi connectivity index (χ2n) is 6.17. The van der Waals surface area contributed by atoms with Gasteiger partial charge in [0, 0.05) is 5.69 Å². The molecule has 3 rings (SSSR count). The lowest BCUT2D eigenvalue weighted by molar-refractivity contribution is -0.113. The number of aromatic nitrogens is 2. The number of hydrogen-bond donors (Lipinski definition) is 1. The van der Waals surface area contributed by atoms with Gasteiger partial charge in [0.2, 0.25) is 5.91 Å². The lowest BCUT2D eigenvalue weighted by Crippen LogP contribution is -2.13. The molecule has 0 saturated heterocycles. The minimum atomic E-state index is -0.129. The number of carbonyl (C=O) groups is 1. The van der Waals surface area contributed by atoms with Crippen molar-refractivity contribution in [3.8, 4) is 5.75 Å². The maximum Gasteiger partial charge on any atom is 0.277 e. The highest BCUT2D eigenvalue weighted by Gasteiger charge is 2.11. The van der Waals surface area contributed by atoms with Crippen LogP contribution in [0.25, 0.3) is 0 Å². The number of rotatable bonds is 7. The molecule has 140 valence electrons. The zero-order chi connectivity index (χ0) is 19.2. The zero-order valence-corrected chi connectivity index (χ0v) is 16.3. The molecule has 7 heteroatoms. The molecule has 0 saturated carbocycles. The fraction of sp³-hybridized carbons (Fsp3) is 0.250. The van der Waals surface area contributed by atoms with Crippen molar-refractivity contribution in [1.82, 2.24) is 10.2 Å². The summed E-state index contributed by atoms with van der Waals surface area (Å²) >= 11 is 1.19. The highest BCUT2D eigenvalue weighted by atomic mass is 32.2. The van der Waals surface area contributed by atoms with Crippen LogP contribution in [-0.2, 0) is 11.4 Å². The van der Waals surface area contributed by atoms with Gasteiger partial charge in [0.25, 0.3) is 11.1 Å². The molecule has 1 N–H and O–H groups in total. The van der Waals surface area contributed by atoms with E-state index < -0.39 is 0 Å². The van der Waals surface area contributed by atoms with Crippen molar-refractivity contribution in [2.24, 2.45) is 0 Å². The zero-order valence-electron chi connectivity index (χ0n) is 15.5. The molecule has 1 amide bonds. The largest absolute Gasteiger partial charge is 0.483 e. The van der Waals surface area contributed by atoms with Gasteiger partial charge in [-0.3, -0.25) is 4.79 Å². The average molecular weight is 383 g/mol. The van der Waals surface area contributed by atoms with Gasteiger partial charge in [0.15, 0.2) is 6.61 Å². The van der Waals surface area contributed by atoms with Crippen LogP contribution in [0.4, 0.5) is 5.69 Å². The lowest BCUT2D eigenvalue weighted by atomic mass is 10.1. The highest BCUT2D eigenvalue weighted by molar-refractivity contribution is 7.99. The van der Waals surface area contributed by atoms with Crippen molar-refractivity contribution in [3.05, 3.63) is 65.0 Å². The van der Waals surface area contributed by atoms with Crippen LogP contribution in [0.1, 0.15) is 22.6 Å². The molecule has 27 heavy (non-hydrogen) atoms. The predicted molar refractivity (Wildman–Crippen MR) is 105 cm³/mol. The standard InChI is InChI=1S/C20H21N3O3S/c1-13-7-9-16(10-8-13)21-17(24)12-27-20-23-22-18(26-20)11-25-19-14(2)5-4-6-15(19)3/h4-10H,11-12H2,1-3H3,(H,21,24). The molecular weight excluding hydrogens is 362 g/mol. The van der Waals surface area contributed by atoms with Crippen LogP contribution in [0.15, 0.2) is 52.1 Å². The van der Waals surface area contributed by atoms with Crippen molar-refractivity contribution in [2.45, 2.75) is 32.6 Å². The van der Waals surface area contributed by atoms with Crippen molar-refractivity contribution in [1.29, 1.82) is 0 Å². The molecule has 2 aromatic carbocycles. The van der Waals surface area contributed by atoms with E-state index in [-0.39, 0.29) is 18.3 Å². The summed E-state index contributed by atoms with van der Waals surface area (Å²) < 4.78 is 11.3. The third-order valence-corrected chi connectivity index (χ3v) is 4.68. The van der Waals surface area contributed by atoms with Crippen molar-refractivity contribution >= 4 is 23.4 Å². The summed E-state index contributed by atoms with van der Waals surface area (Å²) in [6.07, 6.45) is 0. The highest BCUT2D eigenvalue weighted by Crippen LogP contribution is 2.24. The predicted octanol–water partition coefficient (Wildman–Crippen LogP) is 4.30. The molecule has 0 spiro atoms. The Hall–Kier alpha value is -2.80. The Balaban J connectivity index is 1.49. The Labute approximate surface area is 162 Å². The summed E-state index contributed by atoms with van der Waals surface area (Å²) in [5, 5.41) is 11.1. The van der Waals surface area contributed by atoms with E-state index in [9.17, 15) is 4.79 Å². The van der Waals surface area contributed by atoms with E-state index in [0.717, 1.165) is 28.1 Å². The first kappa shape index (κ1) is 19.0. The van der Waals surface area contributed by atoms with Gasteiger partial charge in [-0.25, -0.2) is 0 Å². The maximum atomic E-state index is 12.0. The quantitative estimate of drug-likeness (QED) is 0.613.